The molecule has 3 nitrogen and oxygen atoms in total. The molecule has 2 bridgehead atoms. The van der Waals surface area contributed by atoms with Gasteiger partial charge in [0.1, 0.15) is 0 Å². The number of carbonyl (C=O) groups is 1. The van der Waals surface area contributed by atoms with Gasteiger partial charge in [0.25, 0.3) is 5.91 Å². The normalized spacial score (nSPS) is 24.7. The smallest absolute Gasteiger partial charge is 0.254 e. The summed E-state index contributed by atoms with van der Waals surface area (Å²) in [5.74, 6) is -3.18. The molecule has 2 aliphatic rings. The van der Waals surface area contributed by atoms with Crippen LogP contribution in [0.15, 0.2) is 36.4 Å². The predicted molar refractivity (Wildman–Crippen MR) is 94.2 cm³/mol. The molecule has 0 radical (unpaired) electrons. The summed E-state index contributed by atoms with van der Waals surface area (Å²) in [5, 5.41) is 9.24. The van der Waals surface area contributed by atoms with Gasteiger partial charge in [-0.05, 0) is 56.2 Å². The van der Waals surface area contributed by atoms with Crippen LogP contribution in [0.3, 0.4) is 0 Å². The molecule has 2 heterocycles. The Labute approximate surface area is 151 Å². The van der Waals surface area contributed by atoms with Crippen molar-refractivity contribution in [1.82, 2.24) is 4.90 Å². The number of hydrogen-bond donors (Lipinski definition) is 1. The van der Waals surface area contributed by atoms with Crippen LogP contribution in [0, 0.1) is 18.6 Å². The summed E-state index contributed by atoms with van der Waals surface area (Å²) >= 11 is 0. The predicted octanol–water partition coefficient (Wildman–Crippen LogP) is 4.53. The molecule has 0 saturated carbocycles. The zero-order chi connectivity index (χ0) is 18.4. The first-order valence-corrected chi connectivity index (χ1v) is 9.01. The average molecular weight is 357 g/mol. The largest absolute Gasteiger partial charge is 0.503 e. The molecule has 1 amide bonds. The minimum atomic E-state index is -1.10. The van der Waals surface area contributed by atoms with E-state index in [1.54, 1.807) is 4.90 Å². The van der Waals surface area contributed by atoms with Crippen molar-refractivity contribution in [2.75, 3.05) is 0 Å². The number of hydrogen-bond acceptors (Lipinski definition) is 2. The summed E-state index contributed by atoms with van der Waals surface area (Å²) in [7, 11) is 0. The maximum Gasteiger partial charge on any atom is 0.254 e. The standard InChI is InChI=1S/C21H21F2NO2/c1-12-2-4-13(5-3-12)14-8-16-6-7-17(9-14)24(16)21(26)15-10-18(22)20(25)19(23)11-15/h2-5,10-11,14,16-17,25H,6-9H2,1H3/t14?,16-,17+. The number of phenolic OH excluding ortho intramolecular Hbond substituents is 1. The van der Waals surface area contributed by atoms with E-state index in [1.807, 2.05) is 0 Å². The minimum absolute atomic E-state index is 0.0384. The summed E-state index contributed by atoms with van der Waals surface area (Å²) in [6.07, 6.45) is 3.58. The third-order valence-electron chi connectivity index (χ3n) is 5.78. The fourth-order valence-corrected chi connectivity index (χ4v) is 4.46. The zero-order valence-corrected chi connectivity index (χ0v) is 14.6. The Hall–Kier alpha value is -2.43. The number of fused-ring (bicyclic) bond motifs is 2. The van der Waals surface area contributed by atoms with Crippen LogP contribution in [0.2, 0.25) is 0 Å². The number of amides is 1. The minimum Gasteiger partial charge on any atom is -0.503 e. The van der Waals surface area contributed by atoms with E-state index < -0.39 is 17.4 Å². The summed E-state index contributed by atoms with van der Waals surface area (Å²) in [6, 6.07) is 10.6. The van der Waals surface area contributed by atoms with Crippen LogP contribution in [-0.4, -0.2) is 28.0 Å². The Morgan fingerprint density at radius 1 is 1.04 bits per heavy atom. The fourth-order valence-electron chi connectivity index (χ4n) is 4.46. The molecule has 1 unspecified atom stereocenters. The van der Waals surface area contributed by atoms with Gasteiger partial charge >= 0.3 is 0 Å². The maximum absolute atomic E-state index is 13.6. The van der Waals surface area contributed by atoms with Crippen LogP contribution in [0.4, 0.5) is 8.78 Å². The van der Waals surface area contributed by atoms with Gasteiger partial charge in [-0.1, -0.05) is 29.8 Å². The molecule has 2 aromatic carbocycles. The van der Waals surface area contributed by atoms with Crippen LogP contribution < -0.4 is 0 Å². The lowest BCUT2D eigenvalue weighted by atomic mass is 9.84. The topological polar surface area (TPSA) is 40.5 Å². The van der Waals surface area contributed by atoms with E-state index in [9.17, 15) is 18.7 Å². The van der Waals surface area contributed by atoms with Gasteiger partial charge < -0.3 is 10.0 Å². The van der Waals surface area contributed by atoms with Crippen molar-refractivity contribution in [3.63, 3.8) is 0 Å². The number of aromatic hydroxyl groups is 1. The Bertz CT molecular complexity index is 813. The fraction of sp³-hybridized carbons (Fsp3) is 0.381. The van der Waals surface area contributed by atoms with Crippen molar-refractivity contribution in [2.24, 2.45) is 0 Å². The number of benzene rings is 2. The number of rotatable bonds is 2. The first-order chi connectivity index (χ1) is 12.4. The first-order valence-electron chi connectivity index (χ1n) is 9.01. The van der Waals surface area contributed by atoms with Crippen molar-refractivity contribution in [3.05, 3.63) is 64.7 Å². The molecule has 2 aliphatic heterocycles. The number of phenols is 1. The van der Waals surface area contributed by atoms with E-state index in [4.69, 9.17) is 0 Å². The Balaban J connectivity index is 1.56. The molecule has 4 rings (SSSR count). The first kappa shape index (κ1) is 17.0. The van der Waals surface area contributed by atoms with E-state index in [2.05, 4.69) is 31.2 Å². The molecule has 2 aromatic rings. The zero-order valence-electron chi connectivity index (χ0n) is 14.6. The molecule has 0 aliphatic carbocycles. The third kappa shape index (κ3) is 2.85. The molecule has 136 valence electrons. The van der Waals surface area contributed by atoms with Gasteiger partial charge in [-0.15, -0.1) is 0 Å². The molecule has 2 saturated heterocycles. The van der Waals surface area contributed by atoms with E-state index in [-0.39, 0.29) is 23.6 Å². The molecule has 3 atom stereocenters. The molecular weight excluding hydrogens is 336 g/mol. The summed E-state index contributed by atoms with van der Waals surface area (Å²) in [6.45, 7) is 2.06. The molecule has 26 heavy (non-hydrogen) atoms. The SMILES string of the molecule is Cc1ccc(C2C[C@H]3CC[C@@H](C2)N3C(=O)c2cc(F)c(O)c(F)c2)cc1. The Morgan fingerprint density at radius 2 is 1.58 bits per heavy atom. The second-order valence-electron chi connectivity index (χ2n) is 7.46. The van der Waals surface area contributed by atoms with Gasteiger partial charge in [0.05, 0.1) is 0 Å². The van der Waals surface area contributed by atoms with Crippen LogP contribution in [0.25, 0.3) is 0 Å². The highest BCUT2D eigenvalue weighted by molar-refractivity contribution is 5.95. The van der Waals surface area contributed by atoms with E-state index in [0.717, 1.165) is 37.8 Å². The summed E-state index contributed by atoms with van der Waals surface area (Å²) in [4.78, 5) is 14.7. The van der Waals surface area contributed by atoms with Gasteiger partial charge in [0, 0.05) is 17.6 Å². The van der Waals surface area contributed by atoms with Crippen molar-refractivity contribution >= 4 is 5.91 Å². The van der Waals surface area contributed by atoms with Gasteiger partial charge in [-0.2, -0.15) is 0 Å². The van der Waals surface area contributed by atoms with Crippen LogP contribution in [-0.2, 0) is 0 Å². The van der Waals surface area contributed by atoms with Crippen LogP contribution in [0.1, 0.15) is 53.1 Å². The van der Waals surface area contributed by atoms with Crippen molar-refractivity contribution in [2.45, 2.75) is 50.6 Å². The molecular formula is C21H21F2NO2. The highest BCUT2D eigenvalue weighted by Crippen LogP contribution is 2.43. The number of piperidine rings is 1. The molecule has 0 aromatic heterocycles. The van der Waals surface area contributed by atoms with Crippen molar-refractivity contribution in [1.29, 1.82) is 0 Å². The lowest BCUT2D eigenvalue weighted by Crippen LogP contribution is -2.46. The molecule has 5 heteroatoms. The van der Waals surface area contributed by atoms with E-state index in [0.29, 0.717) is 5.92 Å². The van der Waals surface area contributed by atoms with Gasteiger partial charge in [-0.25, -0.2) is 8.78 Å². The molecule has 0 spiro atoms. The molecule has 2 fully saturated rings. The van der Waals surface area contributed by atoms with E-state index >= 15 is 0 Å². The van der Waals surface area contributed by atoms with Gasteiger partial charge in [0.2, 0.25) is 0 Å². The van der Waals surface area contributed by atoms with Crippen LogP contribution >= 0.6 is 0 Å². The Kier molecular flexibility index (Phi) is 4.17. The highest BCUT2D eigenvalue weighted by atomic mass is 19.1. The molecule has 1 N–H and O–H groups in total. The third-order valence-corrected chi connectivity index (χ3v) is 5.78. The van der Waals surface area contributed by atoms with Gasteiger partial charge in [-0.3, -0.25) is 4.79 Å². The average Bonchev–Trinajstić information content (AvgIpc) is 2.88. The summed E-state index contributed by atoms with van der Waals surface area (Å²) in [5.41, 5.74) is 2.48. The monoisotopic (exact) mass is 357 g/mol. The maximum atomic E-state index is 13.6. The van der Waals surface area contributed by atoms with Crippen molar-refractivity contribution < 1.29 is 18.7 Å². The number of carbonyl (C=O) groups excluding carboxylic acids is 1. The number of halogens is 2. The summed E-state index contributed by atoms with van der Waals surface area (Å²) < 4.78 is 27.3. The van der Waals surface area contributed by atoms with Gasteiger partial charge in [0.15, 0.2) is 17.4 Å². The van der Waals surface area contributed by atoms with Crippen LogP contribution in [0.5, 0.6) is 5.75 Å². The lowest BCUT2D eigenvalue weighted by molar-refractivity contribution is 0.0570. The second kappa shape index (κ2) is 6.38. The Morgan fingerprint density at radius 3 is 2.12 bits per heavy atom. The van der Waals surface area contributed by atoms with E-state index in [1.165, 1.54) is 11.1 Å². The number of aryl methyl sites for hydroxylation is 1. The lowest BCUT2D eigenvalue weighted by Gasteiger charge is -2.39. The number of nitrogens with zero attached hydrogens (tertiary/aromatic N) is 1. The van der Waals surface area contributed by atoms with Crippen molar-refractivity contribution in [3.8, 4) is 5.75 Å². The second-order valence-corrected chi connectivity index (χ2v) is 7.46. The quantitative estimate of drug-likeness (QED) is 0.858. The highest BCUT2D eigenvalue weighted by Gasteiger charge is 2.43.